The molecule has 0 aromatic heterocycles. The second-order valence-corrected chi connectivity index (χ2v) is 2.43. The minimum atomic E-state index is -4.24. The molecule has 3 nitrogen and oxygen atoms in total. The third kappa shape index (κ3) is 5.96. The molecule has 12 heavy (non-hydrogen) atoms. The SMILES string of the molecule is N[C@@H](CCCC(F)(F)F)C(=O)[O-]. The molecule has 1 atom stereocenters. The van der Waals surface area contributed by atoms with Crippen molar-refractivity contribution in [1.82, 2.24) is 0 Å². The van der Waals surface area contributed by atoms with Crippen LogP contribution in [0.2, 0.25) is 0 Å². The highest BCUT2D eigenvalue weighted by atomic mass is 19.4. The Morgan fingerprint density at radius 2 is 2.00 bits per heavy atom. The lowest BCUT2D eigenvalue weighted by Crippen LogP contribution is -2.41. The molecule has 0 aromatic carbocycles. The maximum atomic E-state index is 11.5. The Morgan fingerprint density at radius 3 is 2.33 bits per heavy atom. The molecular formula is C6H9F3NO2-. The highest BCUT2D eigenvalue weighted by Crippen LogP contribution is 2.22. The molecule has 0 aliphatic heterocycles. The molecule has 6 heteroatoms. The quantitative estimate of drug-likeness (QED) is 0.657. The van der Waals surface area contributed by atoms with Crippen molar-refractivity contribution in [2.75, 3.05) is 0 Å². The molecule has 0 aliphatic carbocycles. The Kier molecular flexibility index (Phi) is 4.02. The highest BCUT2D eigenvalue weighted by molar-refractivity contribution is 5.70. The van der Waals surface area contributed by atoms with Crippen LogP contribution in [-0.2, 0) is 4.79 Å². The van der Waals surface area contributed by atoms with E-state index in [1.165, 1.54) is 0 Å². The lowest BCUT2D eigenvalue weighted by molar-refractivity contribution is -0.307. The zero-order valence-electron chi connectivity index (χ0n) is 6.23. The van der Waals surface area contributed by atoms with E-state index in [4.69, 9.17) is 5.73 Å². The second-order valence-electron chi connectivity index (χ2n) is 2.43. The molecule has 2 N–H and O–H groups in total. The van der Waals surface area contributed by atoms with Crippen LogP contribution < -0.4 is 10.8 Å². The Balaban J connectivity index is 3.51. The number of carboxylic acids is 1. The molecular weight excluding hydrogens is 175 g/mol. The molecule has 0 unspecified atom stereocenters. The zero-order chi connectivity index (χ0) is 9.78. The number of carbonyl (C=O) groups excluding carboxylic acids is 1. The van der Waals surface area contributed by atoms with Gasteiger partial charge >= 0.3 is 6.18 Å². The number of nitrogens with two attached hydrogens (primary N) is 1. The van der Waals surface area contributed by atoms with Crippen LogP contribution in [0.1, 0.15) is 19.3 Å². The van der Waals surface area contributed by atoms with Crippen molar-refractivity contribution in [3.8, 4) is 0 Å². The van der Waals surface area contributed by atoms with Gasteiger partial charge in [0.05, 0.1) is 5.97 Å². The van der Waals surface area contributed by atoms with Crippen LogP contribution in [0.4, 0.5) is 13.2 Å². The highest BCUT2D eigenvalue weighted by Gasteiger charge is 2.26. The van der Waals surface area contributed by atoms with E-state index in [-0.39, 0.29) is 12.8 Å². The minimum Gasteiger partial charge on any atom is -0.548 e. The Bertz CT molecular complexity index is 157. The number of halogens is 3. The van der Waals surface area contributed by atoms with Crippen molar-refractivity contribution >= 4 is 5.97 Å². The second kappa shape index (κ2) is 4.30. The van der Waals surface area contributed by atoms with Gasteiger partial charge in [0.1, 0.15) is 0 Å². The Labute approximate surface area is 67.4 Å². The van der Waals surface area contributed by atoms with E-state index < -0.39 is 24.6 Å². The average molecular weight is 184 g/mol. The van der Waals surface area contributed by atoms with Gasteiger partial charge in [-0.05, 0) is 12.8 Å². The third-order valence-corrected chi connectivity index (χ3v) is 1.28. The van der Waals surface area contributed by atoms with Crippen LogP contribution in [0.3, 0.4) is 0 Å². The first-order chi connectivity index (χ1) is 5.33. The van der Waals surface area contributed by atoms with Crippen molar-refractivity contribution < 1.29 is 23.1 Å². The molecule has 0 heterocycles. The van der Waals surface area contributed by atoms with Gasteiger partial charge in [0, 0.05) is 12.5 Å². The molecule has 0 aromatic rings. The fraction of sp³-hybridized carbons (Fsp3) is 0.833. The van der Waals surface area contributed by atoms with Gasteiger partial charge in [-0.15, -0.1) is 0 Å². The van der Waals surface area contributed by atoms with E-state index >= 15 is 0 Å². The summed E-state index contributed by atoms with van der Waals surface area (Å²) in [5, 5.41) is 9.94. The summed E-state index contributed by atoms with van der Waals surface area (Å²) in [5.74, 6) is -1.52. The number of rotatable bonds is 4. The van der Waals surface area contributed by atoms with Crippen LogP contribution in [0.15, 0.2) is 0 Å². The number of alkyl halides is 3. The average Bonchev–Trinajstić information content (AvgIpc) is 1.84. The van der Waals surface area contributed by atoms with Crippen molar-refractivity contribution in [1.29, 1.82) is 0 Å². The Hall–Kier alpha value is -0.780. The van der Waals surface area contributed by atoms with E-state index in [0.717, 1.165) is 0 Å². The molecule has 0 saturated heterocycles. The standard InChI is InChI=1S/C6H10F3NO2/c7-6(8,9)3-1-2-4(10)5(11)12/h4H,1-3,10H2,(H,11,12)/p-1/t4-/m0/s1. The summed E-state index contributed by atoms with van der Waals surface area (Å²) in [6, 6.07) is -1.30. The Morgan fingerprint density at radius 1 is 1.50 bits per heavy atom. The van der Waals surface area contributed by atoms with E-state index in [1.54, 1.807) is 0 Å². The fourth-order valence-corrected chi connectivity index (χ4v) is 0.640. The van der Waals surface area contributed by atoms with Crippen LogP contribution in [0.5, 0.6) is 0 Å². The predicted molar refractivity (Wildman–Crippen MR) is 32.9 cm³/mol. The zero-order valence-corrected chi connectivity index (χ0v) is 6.23. The summed E-state index contributed by atoms with van der Waals surface area (Å²) < 4.78 is 34.5. The first-order valence-corrected chi connectivity index (χ1v) is 3.36. The summed E-state index contributed by atoms with van der Waals surface area (Å²) in [4.78, 5) is 9.94. The van der Waals surface area contributed by atoms with Gasteiger partial charge in [-0.1, -0.05) is 0 Å². The first kappa shape index (κ1) is 11.2. The largest absolute Gasteiger partial charge is 0.548 e. The number of hydrogen-bond donors (Lipinski definition) is 1. The normalized spacial score (nSPS) is 14.3. The van der Waals surface area contributed by atoms with E-state index in [1.807, 2.05) is 0 Å². The van der Waals surface area contributed by atoms with E-state index in [0.29, 0.717) is 0 Å². The molecule has 0 fully saturated rings. The van der Waals surface area contributed by atoms with Crippen LogP contribution >= 0.6 is 0 Å². The first-order valence-electron chi connectivity index (χ1n) is 3.36. The number of carbonyl (C=O) groups is 1. The number of hydrogen-bond acceptors (Lipinski definition) is 3. The predicted octanol–water partition coefficient (Wildman–Crippen LogP) is -0.204. The number of aliphatic carboxylic acids is 1. The van der Waals surface area contributed by atoms with Crippen LogP contribution in [0, 0.1) is 0 Å². The van der Waals surface area contributed by atoms with Crippen molar-refractivity contribution in [2.45, 2.75) is 31.5 Å². The summed E-state index contributed by atoms with van der Waals surface area (Å²) in [5.41, 5.74) is 4.92. The third-order valence-electron chi connectivity index (χ3n) is 1.28. The minimum absolute atomic E-state index is 0.207. The summed E-state index contributed by atoms with van der Waals surface area (Å²) in [7, 11) is 0. The molecule has 0 saturated carbocycles. The molecule has 0 amide bonds. The van der Waals surface area contributed by atoms with Gasteiger partial charge in [-0.3, -0.25) is 0 Å². The summed E-state index contributed by atoms with van der Waals surface area (Å²) in [6.45, 7) is 0. The number of carboxylic acid groups (broad SMARTS) is 1. The van der Waals surface area contributed by atoms with Crippen molar-refractivity contribution in [2.24, 2.45) is 5.73 Å². The topological polar surface area (TPSA) is 66.2 Å². The van der Waals surface area contributed by atoms with Gasteiger partial charge in [0.2, 0.25) is 0 Å². The maximum Gasteiger partial charge on any atom is 0.389 e. The molecule has 0 rings (SSSR count). The maximum absolute atomic E-state index is 11.5. The van der Waals surface area contributed by atoms with E-state index in [9.17, 15) is 23.1 Å². The van der Waals surface area contributed by atoms with Gasteiger partial charge in [-0.25, -0.2) is 0 Å². The lowest BCUT2D eigenvalue weighted by Gasteiger charge is -2.12. The monoisotopic (exact) mass is 184 g/mol. The van der Waals surface area contributed by atoms with Gasteiger partial charge < -0.3 is 15.6 Å². The van der Waals surface area contributed by atoms with Crippen LogP contribution in [0.25, 0.3) is 0 Å². The van der Waals surface area contributed by atoms with Crippen LogP contribution in [-0.4, -0.2) is 18.2 Å². The van der Waals surface area contributed by atoms with Gasteiger partial charge in [0.25, 0.3) is 0 Å². The fourth-order valence-electron chi connectivity index (χ4n) is 0.640. The molecule has 0 bridgehead atoms. The van der Waals surface area contributed by atoms with E-state index in [2.05, 4.69) is 0 Å². The van der Waals surface area contributed by atoms with Gasteiger partial charge in [-0.2, -0.15) is 13.2 Å². The van der Waals surface area contributed by atoms with Crippen molar-refractivity contribution in [3.05, 3.63) is 0 Å². The molecule has 0 aliphatic rings. The molecule has 0 spiro atoms. The van der Waals surface area contributed by atoms with Gasteiger partial charge in [0.15, 0.2) is 0 Å². The van der Waals surface area contributed by atoms with Crippen molar-refractivity contribution in [3.63, 3.8) is 0 Å². The summed E-state index contributed by atoms with van der Waals surface area (Å²) in [6.07, 6.45) is -5.74. The molecule has 0 radical (unpaired) electrons. The smallest absolute Gasteiger partial charge is 0.389 e. The lowest BCUT2D eigenvalue weighted by atomic mass is 10.1. The summed E-state index contributed by atoms with van der Waals surface area (Å²) >= 11 is 0. The molecule has 72 valence electrons.